The molecule has 0 aromatic heterocycles. The number of carbonyl (C=O) groups excluding carboxylic acids is 8. The molecular weight excluding hydrogens is 1060 g/mol. The Balaban J connectivity index is 0.000000333. The van der Waals surface area contributed by atoms with E-state index in [1.165, 1.54) is 115 Å². The molecule has 5 rings (SSSR count). The lowest BCUT2D eigenvalue weighted by molar-refractivity contribution is -0.140. The van der Waals surface area contributed by atoms with E-state index < -0.39 is 89.5 Å². The van der Waals surface area contributed by atoms with Gasteiger partial charge < -0.3 is 49.6 Å². The largest absolute Gasteiger partial charge is 0.481 e. The molecule has 1 aliphatic rings. The molecule has 24 nitrogen and oxygen atoms in total. The van der Waals surface area contributed by atoms with E-state index in [4.69, 9.17) is 30.6 Å². The van der Waals surface area contributed by atoms with E-state index in [0.717, 1.165) is 12.8 Å². The summed E-state index contributed by atoms with van der Waals surface area (Å²) in [5, 5.41) is 53.0. The SMILES string of the molecule is CCCC=C1C=C(C(=O)O)C=CC1C(=O)O.O=C(CCCCC(=O)OC(=O)c1ccc(C(=O)O)cc1)OC(=O)c1ccc(C(=O)O)cc1.O=C(CCCCC(=O)OC(=O)c1ccc(C(=O)O)cc1)OC(=O)c1ccc(C(=O)O)cc1. The summed E-state index contributed by atoms with van der Waals surface area (Å²) >= 11 is 0. The summed E-state index contributed by atoms with van der Waals surface area (Å²) in [6.45, 7) is 1.98. The number of hydrogen-bond donors (Lipinski definition) is 6. The lowest BCUT2D eigenvalue weighted by Crippen LogP contribution is -2.17. The number of hydrogen-bond acceptors (Lipinski definition) is 18. The molecule has 418 valence electrons. The molecular formula is C56H50O24. The Morgan fingerprint density at radius 2 is 0.637 bits per heavy atom. The Bertz CT molecular complexity index is 2740. The zero-order valence-corrected chi connectivity index (χ0v) is 42.2. The quantitative estimate of drug-likeness (QED) is 0.0193. The molecule has 24 heteroatoms. The molecule has 0 aliphatic heterocycles. The molecule has 4 aromatic rings. The minimum absolute atomic E-state index is 0.0156. The zero-order chi connectivity index (χ0) is 59.5. The first-order valence-electron chi connectivity index (χ1n) is 23.8. The number of unbranched alkanes of at least 4 members (excludes halogenated alkanes) is 3. The summed E-state index contributed by atoms with van der Waals surface area (Å²) in [7, 11) is 0. The van der Waals surface area contributed by atoms with Crippen molar-refractivity contribution in [2.75, 3.05) is 0 Å². The summed E-state index contributed by atoms with van der Waals surface area (Å²) in [5.74, 6) is -14.3. The maximum atomic E-state index is 11.9. The molecule has 0 radical (unpaired) electrons. The van der Waals surface area contributed by atoms with Gasteiger partial charge in [-0.1, -0.05) is 31.6 Å². The van der Waals surface area contributed by atoms with Gasteiger partial charge in [0.05, 0.1) is 56.0 Å². The van der Waals surface area contributed by atoms with Crippen molar-refractivity contribution < 1.29 is 117 Å². The van der Waals surface area contributed by atoms with Crippen molar-refractivity contribution in [3.8, 4) is 0 Å². The van der Waals surface area contributed by atoms with Gasteiger partial charge in [-0.2, -0.15) is 0 Å². The Labute approximate surface area is 453 Å². The monoisotopic (exact) mass is 1110 g/mol. The molecule has 0 saturated carbocycles. The topological polar surface area (TPSA) is 397 Å². The third-order valence-electron chi connectivity index (χ3n) is 10.7. The molecule has 1 atom stereocenters. The number of carboxylic acid groups (broad SMARTS) is 6. The van der Waals surface area contributed by atoms with E-state index in [-0.39, 0.29) is 101 Å². The second-order valence-corrected chi connectivity index (χ2v) is 16.6. The fourth-order valence-electron chi connectivity index (χ4n) is 6.41. The van der Waals surface area contributed by atoms with Gasteiger partial charge in [-0.05, 0) is 141 Å². The number of benzene rings is 4. The van der Waals surface area contributed by atoms with Gasteiger partial charge >= 0.3 is 83.6 Å². The average molecular weight is 1110 g/mol. The summed E-state index contributed by atoms with van der Waals surface area (Å²) in [4.78, 5) is 159. The molecule has 6 N–H and O–H groups in total. The second kappa shape index (κ2) is 32.2. The zero-order valence-electron chi connectivity index (χ0n) is 42.2. The van der Waals surface area contributed by atoms with Crippen LogP contribution < -0.4 is 0 Å². The highest BCUT2D eigenvalue weighted by Gasteiger charge is 2.23. The van der Waals surface area contributed by atoms with Crippen molar-refractivity contribution in [2.24, 2.45) is 5.92 Å². The minimum Gasteiger partial charge on any atom is -0.481 e. The van der Waals surface area contributed by atoms with Gasteiger partial charge in [-0.3, -0.25) is 24.0 Å². The number of aliphatic carboxylic acids is 2. The highest BCUT2D eigenvalue weighted by atomic mass is 16.6. The number of esters is 8. The summed E-state index contributed by atoms with van der Waals surface area (Å²) in [5.41, 5.74) is 0.665. The Kier molecular flexibility index (Phi) is 25.6. The van der Waals surface area contributed by atoms with Gasteiger partial charge in [-0.15, -0.1) is 0 Å². The molecule has 80 heavy (non-hydrogen) atoms. The maximum Gasteiger partial charge on any atom is 0.345 e. The van der Waals surface area contributed by atoms with Crippen LogP contribution in [-0.4, -0.2) is 114 Å². The average Bonchev–Trinajstić information content (AvgIpc) is 3.45. The van der Waals surface area contributed by atoms with Gasteiger partial charge in [-0.25, -0.2) is 43.2 Å². The van der Waals surface area contributed by atoms with Crippen LogP contribution in [0.5, 0.6) is 0 Å². The first kappa shape index (κ1) is 63.8. The van der Waals surface area contributed by atoms with Crippen LogP contribution in [0.25, 0.3) is 0 Å². The van der Waals surface area contributed by atoms with E-state index in [2.05, 4.69) is 18.9 Å². The van der Waals surface area contributed by atoms with Crippen LogP contribution in [0.1, 0.15) is 154 Å². The molecule has 0 fully saturated rings. The predicted octanol–water partition coefficient (Wildman–Crippen LogP) is 7.42. The summed E-state index contributed by atoms with van der Waals surface area (Å²) in [6, 6.07) is 19.4. The predicted molar refractivity (Wildman–Crippen MR) is 271 cm³/mol. The molecule has 0 saturated heterocycles. The summed E-state index contributed by atoms with van der Waals surface area (Å²) < 4.78 is 18.6. The van der Waals surface area contributed by atoms with Crippen molar-refractivity contribution in [1.82, 2.24) is 0 Å². The number of allylic oxidation sites excluding steroid dienone is 2. The Hall–Kier alpha value is -10.5. The molecule has 0 heterocycles. The molecule has 4 aromatic carbocycles. The van der Waals surface area contributed by atoms with Crippen LogP contribution in [0.4, 0.5) is 0 Å². The van der Waals surface area contributed by atoms with Gasteiger partial charge in [0.2, 0.25) is 0 Å². The number of carboxylic acids is 6. The van der Waals surface area contributed by atoms with Crippen LogP contribution in [-0.2, 0) is 47.7 Å². The highest BCUT2D eigenvalue weighted by molar-refractivity contribution is 6.01. The number of aromatic carboxylic acids is 4. The van der Waals surface area contributed by atoms with Crippen LogP contribution in [0.2, 0.25) is 0 Å². The third kappa shape index (κ3) is 22.0. The van der Waals surface area contributed by atoms with Crippen molar-refractivity contribution in [2.45, 2.75) is 71.1 Å². The van der Waals surface area contributed by atoms with Crippen LogP contribution in [0.15, 0.2) is 133 Å². The normalized spacial score (nSPS) is 12.5. The van der Waals surface area contributed by atoms with Crippen molar-refractivity contribution in [3.05, 3.63) is 177 Å². The number of rotatable bonds is 22. The molecule has 0 spiro atoms. The molecule has 0 amide bonds. The fourth-order valence-corrected chi connectivity index (χ4v) is 6.41. The van der Waals surface area contributed by atoms with Gasteiger partial charge in [0.1, 0.15) is 0 Å². The fraction of sp³-hybridized carbons (Fsp3) is 0.214. The number of carbonyl (C=O) groups is 14. The first-order valence-corrected chi connectivity index (χ1v) is 23.8. The Morgan fingerprint density at radius 3 is 0.850 bits per heavy atom. The van der Waals surface area contributed by atoms with Gasteiger partial charge in [0, 0.05) is 25.7 Å². The van der Waals surface area contributed by atoms with Crippen molar-refractivity contribution in [1.29, 1.82) is 0 Å². The van der Waals surface area contributed by atoms with E-state index in [0.29, 0.717) is 5.57 Å². The van der Waals surface area contributed by atoms with Crippen molar-refractivity contribution >= 4 is 83.6 Å². The highest BCUT2D eigenvalue weighted by Crippen LogP contribution is 2.24. The molecule has 0 bridgehead atoms. The van der Waals surface area contributed by atoms with Gasteiger partial charge in [0.25, 0.3) is 0 Å². The summed E-state index contributed by atoms with van der Waals surface area (Å²) in [6.07, 6.45) is 7.76. The van der Waals surface area contributed by atoms with E-state index in [1.807, 2.05) is 6.92 Å². The maximum absolute atomic E-state index is 11.9. The van der Waals surface area contributed by atoms with Crippen LogP contribution in [0.3, 0.4) is 0 Å². The van der Waals surface area contributed by atoms with Gasteiger partial charge in [0.15, 0.2) is 0 Å². The minimum atomic E-state index is -1.16. The van der Waals surface area contributed by atoms with Crippen LogP contribution in [0, 0.1) is 5.92 Å². The lowest BCUT2D eigenvalue weighted by Gasteiger charge is -2.14. The Morgan fingerprint density at radius 1 is 0.388 bits per heavy atom. The van der Waals surface area contributed by atoms with E-state index in [1.54, 1.807) is 6.08 Å². The standard InChI is InChI=1S/2C22H18O10.C12H14O4/c2*23-17(31-21(29)15-9-5-13(6-10-15)19(25)26)3-1-2-4-18(24)32-22(30)16-11-7-14(8-12-16)20(27)28;1-2-3-4-8-7-9(11(13)14)5-6-10(8)12(15)16/h2*5-12H,1-4H2,(H,25,26)(H,27,28);4-7,10H,2-3H2,1H3,(H,13,14)(H,15,16). The van der Waals surface area contributed by atoms with E-state index >= 15 is 0 Å². The molecule has 1 unspecified atom stereocenters. The number of ether oxygens (including phenoxy) is 4. The smallest absolute Gasteiger partial charge is 0.345 e. The first-order chi connectivity index (χ1) is 37.9. The van der Waals surface area contributed by atoms with E-state index in [9.17, 15) is 67.1 Å². The van der Waals surface area contributed by atoms with Crippen molar-refractivity contribution in [3.63, 3.8) is 0 Å². The lowest BCUT2D eigenvalue weighted by atomic mass is 9.90. The van der Waals surface area contributed by atoms with Crippen LogP contribution >= 0.6 is 0 Å². The molecule has 1 aliphatic carbocycles. The third-order valence-corrected chi connectivity index (χ3v) is 10.7. The second-order valence-electron chi connectivity index (χ2n) is 16.6.